The second-order valence-electron chi connectivity index (χ2n) is 6.62. The Kier molecular flexibility index (Phi) is 5.41. The second kappa shape index (κ2) is 7.58. The van der Waals surface area contributed by atoms with Crippen molar-refractivity contribution in [1.82, 2.24) is 5.32 Å². The predicted molar refractivity (Wildman–Crippen MR) is 103 cm³/mol. The number of amides is 2. The van der Waals surface area contributed by atoms with Crippen molar-refractivity contribution >= 4 is 33.4 Å². The van der Waals surface area contributed by atoms with Crippen LogP contribution in [-0.2, 0) is 6.42 Å². The monoisotopic (exact) mass is 418 g/mol. The van der Waals surface area contributed by atoms with Gasteiger partial charge in [-0.3, -0.25) is 9.59 Å². The van der Waals surface area contributed by atoms with Crippen LogP contribution in [0.1, 0.15) is 46.5 Å². The number of halogens is 2. The highest BCUT2D eigenvalue weighted by Gasteiger charge is 2.27. The van der Waals surface area contributed by atoms with E-state index in [-0.39, 0.29) is 17.9 Å². The number of rotatable bonds is 3. The molecule has 0 radical (unpaired) electrons. The molecular formula is C20H20BrFN2O2. The highest BCUT2D eigenvalue weighted by molar-refractivity contribution is 9.10. The maximum atomic E-state index is 13.3. The number of hydrogen-bond donors (Lipinski definition) is 1. The summed E-state index contributed by atoms with van der Waals surface area (Å²) in [4.78, 5) is 27.2. The highest BCUT2D eigenvalue weighted by Crippen LogP contribution is 2.32. The van der Waals surface area contributed by atoms with E-state index < -0.39 is 5.82 Å². The lowest BCUT2D eigenvalue weighted by Crippen LogP contribution is -2.37. The van der Waals surface area contributed by atoms with E-state index in [1.165, 1.54) is 18.2 Å². The average Bonchev–Trinajstić information content (AvgIpc) is 2.59. The molecule has 2 aromatic carbocycles. The van der Waals surface area contributed by atoms with Crippen LogP contribution in [0.3, 0.4) is 0 Å². The molecule has 6 heteroatoms. The first-order valence-electron chi connectivity index (χ1n) is 8.58. The van der Waals surface area contributed by atoms with Crippen LogP contribution < -0.4 is 10.2 Å². The van der Waals surface area contributed by atoms with Crippen LogP contribution >= 0.6 is 15.9 Å². The number of benzene rings is 2. The van der Waals surface area contributed by atoms with E-state index in [0.29, 0.717) is 22.1 Å². The summed E-state index contributed by atoms with van der Waals surface area (Å²) in [5.74, 6) is -0.742. The van der Waals surface area contributed by atoms with Crippen molar-refractivity contribution < 1.29 is 14.0 Å². The van der Waals surface area contributed by atoms with Crippen molar-refractivity contribution in [2.75, 3.05) is 11.4 Å². The Morgan fingerprint density at radius 3 is 2.65 bits per heavy atom. The summed E-state index contributed by atoms with van der Waals surface area (Å²) in [6, 6.07) is 9.51. The molecule has 0 aliphatic carbocycles. The summed E-state index contributed by atoms with van der Waals surface area (Å²) in [6.07, 6.45) is 1.51. The number of anilines is 1. The lowest BCUT2D eigenvalue weighted by molar-refractivity contribution is 0.0938. The summed E-state index contributed by atoms with van der Waals surface area (Å²) >= 11 is 3.27. The van der Waals surface area contributed by atoms with Gasteiger partial charge in [0.25, 0.3) is 11.8 Å². The Bertz CT molecular complexity index is 867. The van der Waals surface area contributed by atoms with Gasteiger partial charge in [0.15, 0.2) is 0 Å². The van der Waals surface area contributed by atoms with Crippen LogP contribution in [-0.4, -0.2) is 24.4 Å². The topological polar surface area (TPSA) is 49.4 Å². The molecule has 3 rings (SSSR count). The molecule has 26 heavy (non-hydrogen) atoms. The summed E-state index contributed by atoms with van der Waals surface area (Å²) in [7, 11) is 0. The van der Waals surface area contributed by atoms with Gasteiger partial charge in [-0.05, 0) is 78.5 Å². The van der Waals surface area contributed by atoms with Gasteiger partial charge in [-0.2, -0.15) is 0 Å². The van der Waals surface area contributed by atoms with Gasteiger partial charge in [0.2, 0.25) is 0 Å². The van der Waals surface area contributed by atoms with E-state index in [2.05, 4.69) is 21.2 Å². The van der Waals surface area contributed by atoms with Crippen LogP contribution in [0.2, 0.25) is 0 Å². The lowest BCUT2D eigenvalue weighted by Gasteiger charge is -2.31. The first-order chi connectivity index (χ1) is 12.4. The lowest BCUT2D eigenvalue weighted by atomic mass is 9.95. The number of fused-ring (bicyclic) bond motifs is 1. The molecule has 1 N–H and O–H groups in total. The molecule has 136 valence electrons. The predicted octanol–water partition coefficient (Wildman–Crippen LogP) is 4.32. The third kappa shape index (κ3) is 3.65. The SMILES string of the molecule is CC(C)NC(=O)c1cccc2c1CCCN2C(=O)c1ccc(F)cc1Br. The first kappa shape index (κ1) is 18.6. The summed E-state index contributed by atoms with van der Waals surface area (Å²) in [5, 5.41) is 2.91. The molecule has 0 fully saturated rings. The van der Waals surface area contributed by atoms with Crippen LogP contribution in [0.25, 0.3) is 0 Å². The van der Waals surface area contributed by atoms with Gasteiger partial charge in [-0.15, -0.1) is 0 Å². The highest BCUT2D eigenvalue weighted by atomic mass is 79.9. The van der Waals surface area contributed by atoms with Crippen molar-refractivity contribution in [1.29, 1.82) is 0 Å². The van der Waals surface area contributed by atoms with Gasteiger partial charge in [-0.25, -0.2) is 4.39 Å². The van der Waals surface area contributed by atoms with Crippen molar-refractivity contribution in [2.24, 2.45) is 0 Å². The molecule has 0 spiro atoms. The van der Waals surface area contributed by atoms with Crippen LogP contribution in [0.4, 0.5) is 10.1 Å². The van der Waals surface area contributed by atoms with E-state index in [1.807, 2.05) is 19.9 Å². The fourth-order valence-corrected chi connectivity index (χ4v) is 3.72. The number of hydrogen-bond acceptors (Lipinski definition) is 2. The number of carbonyl (C=O) groups excluding carboxylic acids is 2. The smallest absolute Gasteiger partial charge is 0.259 e. The number of nitrogens with zero attached hydrogens (tertiary/aromatic N) is 1. The quantitative estimate of drug-likeness (QED) is 0.806. The fraction of sp³-hybridized carbons (Fsp3) is 0.300. The Hall–Kier alpha value is -2.21. The van der Waals surface area contributed by atoms with Crippen molar-refractivity contribution in [3.05, 3.63) is 63.4 Å². The van der Waals surface area contributed by atoms with Crippen molar-refractivity contribution in [2.45, 2.75) is 32.7 Å². The van der Waals surface area contributed by atoms with E-state index in [4.69, 9.17) is 0 Å². The van der Waals surface area contributed by atoms with Gasteiger partial charge in [0, 0.05) is 28.3 Å². The zero-order valence-electron chi connectivity index (χ0n) is 14.7. The minimum atomic E-state index is -0.403. The molecule has 1 aliphatic heterocycles. The minimum absolute atomic E-state index is 0.0369. The molecule has 2 aromatic rings. The third-order valence-electron chi connectivity index (χ3n) is 4.32. The molecule has 0 bridgehead atoms. The van der Waals surface area contributed by atoms with Gasteiger partial charge >= 0.3 is 0 Å². The molecule has 0 saturated carbocycles. The molecule has 4 nitrogen and oxygen atoms in total. The van der Waals surface area contributed by atoms with Gasteiger partial charge in [0.05, 0.1) is 5.56 Å². The van der Waals surface area contributed by atoms with Crippen LogP contribution in [0.15, 0.2) is 40.9 Å². The molecule has 0 aromatic heterocycles. The zero-order chi connectivity index (χ0) is 18.8. The maximum absolute atomic E-state index is 13.3. The van der Waals surface area contributed by atoms with Gasteiger partial charge < -0.3 is 10.2 Å². The molecule has 0 unspecified atom stereocenters. The Morgan fingerprint density at radius 2 is 1.96 bits per heavy atom. The fourth-order valence-electron chi connectivity index (χ4n) is 3.20. The Balaban J connectivity index is 1.99. The molecule has 2 amide bonds. The minimum Gasteiger partial charge on any atom is -0.350 e. The van der Waals surface area contributed by atoms with Crippen molar-refractivity contribution in [3.63, 3.8) is 0 Å². The molecule has 1 heterocycles. The number of nitrogens with one attached hydrogen (secondary N) is 1. The Labute approximate surface area is 160 Å². The summed E-state index contributed by atoms with van der Waals surface area (Å²) in [5.41, 5.74) is 2.63. The van der Waals surface area contributed by atoms with Gasteiger partial charge in [-0.1, -0.05) is 6.07 Å². The Morgan fingerprint density at radius 1 is 1.19 bits per heavy atom. The normalized spacial score (nSPS) is 13.5. The summed E-state index contributed by atoms with van der Waals surface area (Å²) in [6.45, 7) is 4.38. The second-order valence-corrected chi connectivity index (χ2v) is 7.47. The van der Waals surface area contributed by atoms with Crippen molar-refractivity contribution in [3.8, 4) is 0 Å². The standard InChI is InChI=1S/C20H20BrFN2O2/c1-12(2)23-19(25)15-5-3-7-18-14(15)6-4-10-24(18)20(26)16-9-8-13(22)11-17(16)21/h3,5,7-9,11-12H,4,6,10H2,1-2H3,(H,23,25). The first-order valence-corrected chi connectivity index (χ1v) is 9.37. The number of carbonyl (C=O) groups is 2. The molecular weight excluding hydrogens is 399 g/mol. The van der Waals surface area contributed by atoms with Gasteiger partial charge in [0.1, 0.15) is 5.82 Å². The van der Waals surface area contributed by atoms with Crippen LogP contribution in [0.5, 0.6) is 0 Å². The van der Waals surface area contributed by atoms with E-state index in [9.17, 15) is 14.0 Å². The largest absolute Gasteiger partial charge is 0.350 e. The molecule has 1 aliphatic rings. The maximum Gasteiger partial charge on any atom is 0.259 e. The molecule has 0 saturated heterocycles. The molecule has 0 atom stereocenters. The third-order valence-corrected chi connectivity index (χ3v) is 4.98. The average molecular weight is 419 g/mol. The zero-order valence-corrected chi connectivity index (χ0v) is 16.3. The van der Waals surface area contributed by atoms with Crippen LogP contribution in [0, 0.1) is 5.82 Å². The summed E-state index contributed by atoms with van der Waals surface area (Å²) < 4.78 is 13.8. The van der Waals surface area contributed by atoms with E-state index in [1.54, 1.807) is 17.0 Å². The van der Waals surface area contributed by atoms with E-state index >= 15 is 0 Å². The van der Waals surface area contributed by atoms with E-state index in [0.717, 1.165) is 24.1 Å².